The molecule has 1 rings (SSSR count). The van der Waals surface area contributed by atoms with Gasteiger partial charge in [0, 0.05) is 25.8 Å². The van der Waals surface area contributed by atoms with E-state index in [1.54, 1.807) is 0 Å². The lowest BCUT2D eigenvalue weighted by Gasteiger charge is -2.19. The molecule has 0 aromatic heterocycles. The summed E-state index contributed by atoms with van der Waals surface area (Å²) in [5, 5.41) is 3.53. The van der Waals surface area contributed by atoms with Crippen LogP contribution in [0.25, 0.3) is 0 Å². The maximum Gasteiger partial charge on any atom is 0.0361 e. The molecule has 1 atom stereocenters. The van der Waals surface area contributed by atoms with Gasteiger partial charge in [0.15, 0.2) is 0 Å². The fraction of sp³-hybridized carbons (Fsp3) is 0.571. The molecule has 1 N–H and O–H groups in total. The zero-order valence-electron chi connectivity index (χ0n) is 11.0. The Bertz CT molecular complexity index is 284. The van der Waals surface area contributed by atoms with E-state index < -0.39 is 0 Å². The molecule has 0 amide bonds. The van der Waals surface area contributed by atoms with Gasteiger partial charge in [-0.05, 0) is 30.7 Å². The van der Waals surface area contributed by atoms with Crippen molar-refractivity contribution in [3.63, 3.8) is 0 Å². The molecular formula is C14H24N2. The number of hydrogen-bond acceptors (Lipinski definition) is 2. The first kappa shape index (κ1) is 13.0. The summed E-state index contributed by atoms with van der Waals surface area (Å²) in [7, 11) is 4.14. The Hall–Kier alpha value is -1.02. The summed E-state index contributed by atoms with van der Waals surface area (Å²) < 4.78 is 0. The van der Waals surface area contributed by atoms with E-state index in [9.17, 15) is 0 Å². The molecule has 2 nitrogen and oxygen atoms in total. The summed E-state index contributed by atoms with van der Waals surface area (Å²) in [5.41, 5.74) is 2.66. The van der Waals surface area contributed by atoms with Crippen LogP contribution in [0, 0.1) is 0 Å². The van der Waals surface area contributed by atoms with Gasteiger partial charge in [0.1, 0.15) is 0 Å². The van der Waals surface area contributed by atoms with Crippen LogP contribution in [0.5, 0.6) is 0 Å². The van der Waals surface area contributed by atoms with Gasteiger partial charge in [0.2, 0.25) is 0 Å². The van der Waals surface area contributed by atoms with Gasteiger partial charge in [0.05, 0.1) is 0 Å². The first-order chi connectivity index (χ1) is 7.69. The summed E-state index contributed by atoms with van der Waals surface area (Å²) in [4.78, 5) is 2.13. The number of benzene rings is 1. The standard InChI is InChI=1S/C14H24N2/c1-5-7-14(15-6-2)12-8-10-13(11-9-12)16(3)4/h8-11,14-15H,5-7H2,1-4H3. The Morgan fingerprint density at radius 2 is 1.75 bits per heavy atom. The van der Waals surface area contributed by atoms with Crippen LogP contribution < -0.4 is 10.2 Å². The van der Waals surface area contributed by atoms with E-state index in [1.165, 1.54) is 24.1 Å². The normalized spacial score (nSPS) is 12.5. The van der Waals surface area contributed by atoms with Crippen molar-refractivity contribution in [1.82, 2.24) is 5.32 Å². The molecule has 0 saturated carbocycles. The van der Waals surface area contributed by atoms with E-state index in [2.05, 4.69) is 62.4 Å². The molecule has 90 valence electrons. The van der Waals surface area contributed by atoms with Gasteiger partial charge in [-0.15, -0.1) is 0 Å². The van der Waals surface area contributed by atoms with Crippen LogP contribution in [0.15, 0.2) is 24.3 Å². The first-order valence-electron chi connectivity index (χ1n) is 6.19. The summed E-state index contributed by atoms with van der Waals surface area (Å²) in [5.74, 6) is 0. The lowest BCUT2D eigenvalue weighted by atomic mass is 10.0. The molecule has 0 radical (unpaired) electrons. The van der Waals surface area contributed by atoms with Crippen LogP contribution in [0.3, 0.4) is 0 Å². The summed E-state index contributed by atoms with van der Waals surface area (Å²) in [6.07, 6.45) is 2.42. The zero-order chi connectivity index (χ0) is 12.0. The zero-order valence-corrected chi connectivity index (χ0v) is 11.0. The van der Waals surface area contributed by atoms with E-state index >= 15 is 0 Å². The summed E-state index contributed by atoms with van der Waals surface area (Å²) in [6.45, 7) is 5.43. The topological polar surface area (TPSA) is 15.3 Å². The van der Waals surface area contributed by atoms with E-state index in [0.717, 1.165) is 6.54 Å². The Kier molecular flexibility index (Phi) is 5.33. The van der Waals surface area contributed by atoms with Crippen LogP contribution in [0.1, 0.15) is 38.3 Å². The molecule has 0 bridgehead atoms. The van der Waals surface area contributed by atoms with Gasteiger partial charge in [-0.1, -0.05) is 32.4 Å². The highest BCUT2D eigenvalue weighted by atomic mass is 15.1. The minimum absolute atomic E-state index is 0.506. The fourth-order valence-corrected chi connectivity index (χ4v) is 1.93. The largest absolute Gasteiger partial charge is 0.378 e. The second-order valence-electron chi connectivity index (χ2n) is 4.38. The molecule has 16 heavy (non-hydrogen) atoms. The minimum atomic E-state index is 0.506. The first-order valence-corrected chi connectivity index (χ1v) is 6.19. The molecule has 0 heterocycles. The molecule has 0 spiro atoms. The van der Waals surface area contributed by atoms with Crippen molar-refractivity contribution in [2.24, 2.45) is 0 Å². The van der Waals surface area contributed by atoms with Crippen LogP contribution in [-0.2, 0) is 0 Å². The van der Waals surface area contributed by atoms with Crippen LogP contribution in [0.4, 0.5) is 5.69 Å². The van der Waals surface area contributed by atoms with Crippen LogP contribution in [0.2, 0.25) is 0 Å². The van der Waals surface area contributed by atoms with E-state index in [1.807, 2.05) is 0 Å². The van der Waals surface area contributed by atoms with E-state index in [-0.39, 0.29) is 0 Å². The fourth-order valence-electron chi connectivity index (χ4n) is 1.93. The molecule has 1 unspecified atom stereocenters. The van der Waals surface area contributed by atoms with Crippen molar-refractivity contribution in [3.8, 4) is 0 Å². The molecule has 0 fully saturated rings. The highest BCUT2D eigenvalue weighted by Gasteiger charge is 2.08. The van der Waals surface area contributed by atoms with Gasteiger partial charge in [-0.3, -0.25) is 0 Å². The molecule has 1 aromatic carbocycles. The second-order valence-corrected chi connectivity index (χ2v) is 4.38. The van der Waals surface area contributed by atoms with Crippen molar-refractivity contribution in [3.05, 3.63) is 29.8 Å². The molecule has 2 heteroatoms. The minimum Gasteiger partial charge on any atom is -0.378 e. The van der Waals surface area contributed by atoms with Crippen molar-refractivity contribution < 1.29 is 0 Å². The monoisotopic (exact) mass is 220 g/mol. The summed E-state index contributed by atoms with van der Waals surface area (Å²) >= 11 is 0. The quantitative estimate of drug-likeness (QED) is 0.792. The van der Waals surface area contributed by atoms with Crippen LogP contribution >= 0.6 is 0 Å². The highest BCUT2D eigenvalue weighted by Crippen LogP contribution is 2.21. The van der Waals surface area contributed by atoms with Gasteiger partial charge in [0.25, 0.3) is 0 Å². The maximum absolute atomic E-state index is 3.53. The van der Waals surface area contributed by atoms with Crippen LogP contribution in [-0.4, -0.2) is 20.6 Å². The lowest BCUT2D eigenvalue weighted by molar-refractivity contribution is 0.509. The molecule has 1 aromatic rings. The van der Waals surface area contributed by atoms with Gasteiger partial charge >= 0.3 is 0 Å². The average molecular weight is 220 g/mol. The smallest absolute Gasteiger partial charge is 0.0361 e. The molecule has 0 aliphatic carbocycles. The molecule has 0 aliphatic rings. The lowest BCUT2D eigenvalue weighted by Crippen LogP contribution is -2.20. The SMILES string of the molecule is CCCC(NCC)c1ccc(N(C)C)cc1. The van der Waals surface area contributed by atoms with Crippen molar-refractivity contribution in [2.75, 3.05) is 25.5 Å². The molecule has 0 aliphatic heterocycles. The van der Waals surface area contributed by atoms with Crippen molar-refractivity contribution >= 4 is 5.69 Å². The predicted octanol–water partition coefficient (Wildman–Crippen LogP) is 3.20. The van der Waals surface area contributed by atoms with Crippen molar-refractivity contribution in [1.29, 1.82) is 0 Å². The van der Waals surface area contributed by atoms with E-state index in [0.29, 0.717) is 6.04 Å². The highest BCUT2D eigenvalue weighted by molar-refractivity contribution is 5.46. The second kappa shape index (κ2) is 6.54. The number of rotatable bonds is 6. The predicted molar refractivity (Wildman–Crippen MR) is 72.1 cm³/mol. The van der Waals surface area contributed by atoms with Crippen molar-refractivity contribution in [2.45, 2.75) is 32.7 Å². The van der Waals surface area contributed by atoms with Gasteiger partial charge < -0.3 is 10.2 Å². The molecular weight excluding hydrogens is 196 g/mol. The number of nitrogens with zero attached hydrogens (tertiary/aromatic N) is 1. The third kappa shape index (κ3) is 3.53. The Balaban J connectivity index is 2.76. The van der Waals surface area contributed by atoms with Gasteiger partial charge in [-0.2, -0.15) is 0 Å². The Morgan fingerprint density at radius 1 is 1.12 bits per heavy atom. The third-order valence-electron chi connectivity index (χ3n) is 2.84. The molecule has 0 saturated heterocycles. The Morgan fingerprint density at radius 3 is 2.19 bits per heavy atom. The number of hydrogen-bond donors (Lipinski definition) is 1. The van der Waals surface area contributed by atoms with Gasteiger partial charge in [-0.25, -0.2) is 0 Å². The maximum atomic E-state index is 3.53. The summed E-state index contributed by atoms with van der Waals surface area (Å²) in [6, 6.07) is 9.35. The Labute approximate surface area is 99.7 Å². The number of nitrogens with one attached hydrogen (secondary N) is 1. The third-order valence-corrected chi connectivity index (χ3v) is 2.84. The van der Waals surface area contributed by atoms with E-state index in [4.69, 9.17) is 0 Å². The number of anilines is 1. The average Bonchev–Trinajstić information content (AvgIpc) is 2.29.